The van der Waals surface area contributed by atoms with Crippen LogP contribution in [0.15, 0.2) is 52.5 Å². The Bertz CT molecular complexity index is 1590. The first-order valence-electron chi connectivity index (χ1n) is 9.90. The SMILES string of the molecule is C=Nc1[nH]cc(C(=O)c2c(Cl)ccc(NS(C)(=O)=O)c2F)c1/C=C(\C)c1cccc(S(C)(=O)=O)c1. The normalized spacial score (nSPS) is 12.4. The number of H-pyrrole nitrogens is 1. The maximum Gasteiger partial charge on any atom is 0.229 e. The molecule has 184 valence electrons. The minimum Gasteiger partial charge on any atom is -0.345 e. The van der Waals surface area contributed by atoms with Gasteiger partial charge in [-0.25, -0.2) is 26.2 Å². The van der Waals surface area contributed by atoms with E-state index in [4.69, 9.17) is 11.6 Å². The third kappa shape index (κ3) is 5.87. The Morgan fingerprint density at radius 2 is 1.86 bits per heavy atom. The van der Waals surface area contributed by atoms with E-state index in [2.05, 4.69) is 16.7 Å². The van der Waals surface area contributed by atoms with Gasteiger partial charge in [-0.2, -0.15) is 0 Å². The van der Waals surface area contributed by atoms with E-state index in [1.807, 2.05) is 4.72 Å². The summed E-state index contributed by atoms with van der Waals surface area (Å²) in [4.78, 5) is 20.1. The van der Waals surface area contributed by atoms with Crippen molar-refractivity contribution in [3.63, 3.8) is 0 Å². The lowest BCUT2D eigenvalue weighted by Crippen LogP contribution is -2.14. The Kier molecular flexibility index (Phi) is 7.34. The van der Waals surface area contributed by atoms with Crippen LogP contribution < -0.4 is 4.72 Å². The molecule has 12 heteroatoms. The number of aromatic amines is 1. The van der Waals surface area contributed by atoms with Crippen molar-refractivity contribution in [2.45, 2.75) is 11.8 Å². The van der Waals surface area contributed by atoms with Gasteiger partial charge in [-0.3, -0.25) is 9.52 Å². The van der Waals surface area contributed by atoms with Crippen LogP contribution in [-0.2, 0) is 19.9 Å². The third-order valence-electron chi connectivity index (χ3n) is 4.99. The van der Waals surface area contributed by atoms with Gasteiger partial charge in [0.25, 0.3) is 0 Å². The highest BCUT2D eigenvalue weighted by molar-refractivity contribution is 7.92. The van der Waals surface area contributed by atoms with Gasteiger partial charge in [0.15, 0.2) is 21.4 Å². The number of nitrogens with zero attached hydrogens (tertiary/aromatic N) is 1. The van der Waals surface area contributed by atoms with Crippen molar-refractivity contribution in [1.82, 2.24) is 4.98 Å². The summed E-state index contributed by atoms with van der Waals surface area (Å²) in [6, 6.07) is 8.58. The number of rotatable bonds is 8. The number of hydrogen-bond donors (Lipinski definition) is 2. The molecule has 0 saturated heterocycles. The van der Waals surface area contributed by atoms with Gasteiger partial charge in [-0.15, -0.1) is 0 Å². The fourth-order valence-corrected chi connectivity index (χ4v) is 4.79. The molecule has 2 aromatic carbocycles. The van der Waals surface area contributed by atoms with Crippen LogP contribution in [0.2, 0.25) is 5.02 Å². The molecule has 0 aliphatic carbocycles. The van der Waals surface area contributed by atoms with Gasteiger partial charge < -0.3 is 4.98 Å². The zero-order valence-electron chi connectivity index (χ0n) is 18.9. The molecule has 0 unspecified atom stereocenters. The van der Waals surface area contributed by atoms with Crippen molar-refractivity contribution in [2.75, 3.05) is 17.2 Å². The molecule has 0 radical (unpaired) electrons. The number of carbonyl (C=O) groups excluding carboxylic acids is 1. The minimum atomic E-state index is -3.81. The van der Waals surface area contributed by atoms with Gasteiger partial charge >= 0.3 is 0 Å². The van der Waals surface area contributed by atoms with Crippen molar-refractivity contribution in [2.24, 2.45) is 4.99 Å². The summed E-state index contributed by atoms with van der Waals surface area (Å²) in [5.74, 6) is -1.73. The van der Waals surface area contributed by atoms with E-state index in [1.165, 1.54) is 24.4 Å². The average Bonchev–Trinajstić information content (AvgIpc) is 3.17. The molecule has 1 aromatic heterocycles. The molecule has 0 fully saturated rings. The Morgan fingerprint density at radius 1 is 1.17 bits per heavy atom. The first-order chi connectivity index (χ1) is 16.2. The fourth-order valence-electron chi connectivity index (χ4n) is 3.33. The lowest BCUT2D eigenvalue weighted by molar-refractivity contribution is 0.103. The Balaban J connectivity index is 2.14. The highest BCUT2D eigenvalue weighted by atomic mass is 35.5. The number of halogens is 2. The van der Waals surface area contributed by atoms with Crippen molar-refractivity contribution < 1.29 is 26.0 Å². The molecule has 3 rings (SSSR count). The zero-order chi connectivity index (χ0) is 26.1. The lowest BCUT2D eigenvalue weighted by atomic mass is 9.98. The highest BCUT2D eigenvalue weighted by Crippen LogP contribution is 2.33. The summed E-state index contributed by atoms with van der Waals surface area (Å²) in [6.07, 6.45) is 4.84. The predicted octanol–water partition coefficient (Wildman–Crippen LogP) is 4.71. The standard InChI is InChI=1S/C23H21ClFN3O5S2/c1-13(14-6-5-7-15(11-14)34(3,30)31)10-16-17(12-27-23(16)26-2)22(29)20-18(24)8-9-19(21(20)25)28-35(4,32)33/h5-12,27-28H,2H2,1,3-4H3/b13-10+. The molecule has 2 N–H and O–H groups in total. The molecule has 35 heavy (non-hydrogen) atoms. The number of sulfone groups is 1. The summed E-state index contributed by atoms with van der Waals surface area (Å²) in [5, 5.41) is -0.214. The summed E-state index contributed by atoms with van der Waals surface area (Å²) < 4.78 is 64.1. The maximum absolute atomic E-state index is 15.2. The average molecular weight is 538 g/mol. The van der Waals surface area contributed by atoms with E-state index < -0.39 is 42.7 Å². The Hall–Kier alpha value is -3.28. The van der Waals surface area contributed by atoms with E-state index in [-0.39, 0.29) is 26.9 Å². The number of benzene rings is 2. The predicted molar refractivity (Wildman–Crippen MR) is 136 cm³/mol. The van der Waals surface area contributed by atoms with Gasteiger partial charge in [0.2, 0.25) is 10.0 Å². The molecule has 8 nitrogen and oxygen atoms in total. The second-order valence-electron chi connectivity index (χ2n) is 7.74. The first-order valence-corrected chi connectivity index (χ1v) is 14.1. The molecule has 0 aliphatic heterocycles. The number of nitrogens with one attached hydrogen (secondary N) is 2. The molecule has 0 bridgehead atoms. The lowest BCUT2D eigenvalue weighted by Gasteiger charge is -2.11. The van der Waals surface area contributed by atoms with E-state index in [9.17, 15) is 21.6 Å². The molecule has 0 amide bonds. The van der Waals surface area contributed by atoms with Gasteiger partial charge in [-0.05, 0) is 55.1 Å². The number of ketones is 1. The van der Waals surface area contributed by atoms with Crippen LogP contribution in [0.25, 0.3) is 11.6 Å². The van der Waals surface area contributed by atoms with E-state index in [0.29, 0.717) is 11.1 Å². The zero-order valence-corrected chi connectivity index (χ0v) is 21.3. The second-order valence-corrected chi connectivity index (χ2v) is 11.9. The summed E-state index contributed by atoms with van der Waals surface area (Å²) >= 11 is 6.12. The Morgan fingerprint density at radius 3 is 2.46 bits per heavy atom. The van der Waals surface area contributed by atoms with Gasteiger partial charge in [-0.1, -0.05) is 23.7 Å². The highest BCUT2D eigenvalue weighted by Gasteiger charge is 2.25. The van der Waals surface area contributed by atoms with Crippen molar-refractivity contribution in [1.29, 1.82) is 0 Å². The second kappa shape index (κ2) is 9.76. The number of aliphatic imine (C=N–C) groups is 1. The summed E-state index contributed by atoms with van der Waals surface area (Å²) in [7, 11) is -7.25. The van der Waals surface area contributed by atoms with Crippen LogP contribution in [0.1, 0.15) is 34.0 Å². The largest absolute Gasteiger partial charge is 0.345 e. The van der Waals surface area contributed by atoms with E-state index in [0.717, 1.165) is 18.6 Å². The van der Waals surface area contributed by atoms with Crippen molar-refractivity contribution >= 4 is 67.1 Å². The van der Waals surface area contributed by atoms with Crippen LogP contribution in [0.3, 0.4) is 0 Å². The smallest absolute Gasteiger partial charge is 0.229 e. The monoisotopic (exact) mass is 537 g/mol. The molecule has 3 aromatic rings. The maximum atomic E-state index is 15.2. The van der Waals surface area contributed by atoms with Gasteiger partial charge in [0.1, 0.15) is 5.82 Å². The van der Waals surface area contributed by atoms with Gasteiger partial charge in [0.05, 0.1) is 27.4 Å². The molecule has 0 spiro atoms. The van der Waals surface area contributed by atoms with E-state index >= 15 is 4.39 Å². The molecule has 1 heterocycles. The fraction of sp³-hybridized carbons (Fsp3) is 0.130. The van der Waals surface area contributed by atoms with Crippen LogP contribution in [0.5, 0.6) is 0 Å². The van der Waals surface area contributed by atoms with Crippen LogP contribution in [-0.4, -0.2) is 46.8 Å². The molecular weight excluding hydrogens is 517 g/mol. The summed E-state index contributed by atoms with van der Waals surface area (Å²) in [5.41, 5.74) is 0.483. The summed E-state index contributed by atoms with van der Waals surface area (Å²) in [6.45, 7) is 5.18. The number of allylic oxidation sites excluding steroid dienone is 1. The van der Waals surface area contributed by atoms with Crippen molar-refractivity contribution in [3.8, 4) is 0 Å². The number of carbonyl (C=O) groups is 1. The number of hydrogen-bond acceptors (Lipinski definition) is 6. The molecular formula is C23H21ClFN3O5S2. The number of sulfonamides is 1. The topological polar surface area (TPSA) is 126 Å². The van der Waals surface area contributed by atoms with Crippen molar-refractivity contribution in [3.05, 3.63) is 75.7 Å². The number of aromatic nitrogens is 1. The minimum absolute atomic E-state index is 0.00308. The Labute approximate surface area is 207 Å². The van der Waals surface area contributed by atoms with Crippen LogP contribution in [0.4, 0.5) is 15.9 Å². The molecule has 0 atom stereocenters. The van der Waals surface area contributed by atoms with Gasteiger partial charge in [0, 0.05) is 23.6 Å². The molecule has 0 saturated carbocycles. The van der Waals surface area contributed by atoms with E-state index in [1.54, 1.807) is 25.1 Å². The number of anilines is 1. The quantitative estimate of drug-likeness (QED) is 0.318. The molecule has 0 aliphatic rings. The van der Waals surface area contributed by atoms with Crippen LogP contribution >= 0.6 is 11.6 Å². The third-order valence-corrected chi connectivity index (χ3v) is 7.01. The first kappa shape index (κ1) is 26.3. The van der Waals surface area contributed by atoms with Crippen LogP contribution in [0, 0.1) is 5.82 Å².